The second-order valence-electron chi connectivity index (χ2n) is 7.56. The van der Waals surface area contributed by atoms with Gasteiger partial charge in [0.05, 0.1) is 0 Å². The summed E-state index contributed by atoms with van der Waals surface area (Å²) in [4.78, 5) is 22.7. The highest BCUT2D eigenvalue weighted by Crippen LogP contribution is 2.26. The zero-order valence-electron chi connectivity index (χ0n) is 17.6. The highest BCUT2D eigenvalue weighted by atomic mass is 32.5. The summed E-state index contributed by atoms with van der Waals surface area (Å²) in [6.07, 6.45) is 20.5. The van der Waals surface area contributed by atoms with Gasteiger partial charge in [-0.05, 0) is 24.6 Å². The van der Waals surface area contributed by atoms with Gasteiger partial charge in [-0.2, -0.15) is 0 Å². The molecule has 0 saturated heterocycles. The van der Waals surface area contributed by atoms with Gasteiger partial charge >= 0.3 is 6.72 Å². The predicted octanol–water partition coefficient (Wildman–Crippen LogP) is 4.01. The van der Waals surface area contributed by atoms with Crippen molar-refractivity contribution in [3.05, 3.63) is 0 Å². The number of aliphatic hydroxyl groups excluding tert-OH is 3. The first-order chi connectivity index (χ1) is 13.3. The molecule has 0 aromatic carbocycles. The summed E-state index contributed by atoms with van der Waals surface area (Å²) < 4.78 is 0. The molecule has 28 heavy (non-hydrogen) atoms. The van der Waals surface area contributed by atoms with Crippen LogP contribution in [0.15, 0.2) is 0 Å². The molecule has 0 saturated carbocycles. The lowest BCUT2D eigenvalue weighted by Crippen LogP contribution is -2.10. The van der Waals surface area contributed by atoms with Crippen molar-refractivity contribution < 1.29 is 30.0 Å². The van der Waals surface area contributed by atoms with E-state index >= 15 is 0 Å². The Morgan fingerprint density at radius 2 is 0.750 bits per heavy atom. The number of hydrogen-bond acceptors (Lipinski definition) is 4. The van der Waals surface area contributed by atoms with Crippen LogP contribution in [0.1, 0.15) is 103 Å². The van der Waals surface area contributed by atoms with E-state index in [2.05, 4.69) is 11.8 Å². The Bertz CT molecular complexity index is 328. The van der Waals surface area contributed by atoms with Crippen molar-refractivity contribution in [3.63, 3.8) is 0 Å². The first-order valence-electron chi connectivity index (χ1n) is 11.0. The van der Waals surface area contributed by atoms with Gasteiger partial charge in [-0.15, -0.1) is 0 Å². The van der Waals surface area contributed by atoms with E-state index in [-0.39, 0.29) is 19.1 Å². The largest absolute Gasteiger partial charge is 0.396 e. The van der Waals surface area contributed by atoms with Crippen molar-refractivity contribution >= 4 is 18.5 Å². The van der Waals surface area contributed by atoms with Crippen molar-refractivity contribution in [2.24, 2.45) is 5.92 Å². The second kappa shape index (κ2) is 23.7. The average Bonchev–Trinajstić information content (AvgIpc) is 2.63. The van der Waals surface area contributed by atoms with Crippen molar-refractivity contribution in [1.29, 1.82) is 0 Å². The number of unbranched alkanes of at least 4 members (excludes halogenated alkanes) is 14. The molecular formula is C20H45O6PS. The molecule has 0 unspecified atom stereocenters. The summed E-state index contributed by atoms with van der Waals surface area (Å²) >= 11 is 3.60. The molecule has 0 aromatic rings. The number of hydrogen-bond donors (Lipinski definition) is 6. The molecule has 0 bridgehead atoms. The summed E-state index contributed by atoms with van der Waals surface area (Å²) in [7, 11) is 0. The molecule has 0 aliphatic rings. The molecule has 172 valence electrons. The van der Waals surface area contributed by atoms with E-state index in [9.17, 15) is 0 Å². The normalized spacial score (nSPS) is 11.5. The van der Waals surface area contributed by atoms with Gasteiger partial charge in [-0.25, -0.2) is 0 Å². The maximum Gasteiger partial charge on any atom is 0.319 e. The molecule has 0 fully saturated rings. The molecule has 0 aliphatic heterocycles. The van der Waals surface area contributed by atoms with Gasteiger partial charge in [0.25, 0.3) is 0 Å². The van der Waals surface area contributed by atoms with Crippen LogP contribution in [-0.2, 0) is 11.8 Å². The van der Waals surface area contributed by atoms with E-state index in [1.54, 1.807) is 0 Å². The lowest BCUT2D eigenvalue weighted by Gasteiger charge is -2.09. The smallest absolute Gasteiger partial charge is 0.319 e. The van der Waals surface area contributed by atoms with E-state index in [4.69, 9.17) is 30.0 Å². The van der Waals surface area contributed by atoms with E-state index in [0.717, 1.165) is 19.3 Å². The minimum absolute atomic E-state index is 0.102. The maximum absolute atomic E-state index is 8.98. The molecule has 0 aliphatic carbocycles. The molecule has 0 atom stereocenters. The monoisotopic (exact) mass is 444 g/mol. The van der Waals surface area contributed by atoms with Gasteiger partial charge in [-0.1, -0.05) is 89.9 Å². The van der Waals surface area contributed by atoms with Crippen LogP contribution in [0.4, 0.5) is 0 Å². The molecule has 0 spiro atoms. The van der Waals surface area contributed by atoms with Gasteiger partial charge in [-0.3, -0.25) is 0 Å². The van der Waals surface area contributed by atoms with Crippen LogP contribution < -0.4 is 0 Å². The molecule has 6 N–H and O–H groups in total. The third kappa shape index (κ3) is 34.0. The van der Waals surface area contributed by atoms with Crippen LogP contribution >= 0.6 is 6.72 Å². The predicted molar refractivity (Wildman–Crippen MR) is 120 cm³/mol. The molecule has 0 rings (SSSR count). The molecule has 0 heterocycles. The van der Waals surface area contributed by atoms with Crippen LogP contribution in [0.2, 0.25) is 0 Å². The van der Waals surface area contributed by atoms with Crippen molar-refractivity contribution in [2.45, 2.75) is 103 Å². The molecule has 8 heteroatoms. The van der Waals surface area contributed by atoms with Crippen molar-refractivity contribution in [2.75, 3.05) is 19.8 Å². The summed E-state index contributed by atoms with van der Waals surface area (Å²) in [5.41, 5.74) is 0. The van der Waals surface area contributed by atoms with E-state index in [0.29, 0.717) is 6.61 Å². The fourth-order valence-corrected chi connectivity index (χ4v) is 3.08. The second-order valence-corrected chi connectivity index (χ2v) is 10.1. The zero-order valence-corrected chi connectivity index (χ0v) is 19.3. The Morgan fingerprint density at radius 1 is 0.500 bits per heavy atom. The van der Waals surface area contributed by atoms with Gasteiger partial charge in [0.2, 0.25) is 0 Å². The van der Waals surface area contributed by atoms with Crippen LogP contribution in [-0.4, -0.2) is 49.8 Å². The number of rotatable bonds is 19. The summed E-state index contributed by atoms with van der Waals surface area (Å²) in [6, 6.07) is 0. The minimum Gasteiger partial charge on any atom is -0.396 e. The van der Waals surface area contributed by atoms with Crippen LogP contribution in [0.3, 0.4) is 0 Å². The fourth-order valence-electron chi connectivity index (χ4n) is 3.08. The van der Waals surface area contributed by atoms with Crippen LogP contribution in [0.5, 0.6) is 0 Å². The molecular weight excluding hydrogens is 399 g/mol. The summed E-state index contributed by atoms with van der Waals surface area (Å²) in [6.45, 7) is -3.20. The first kappa shape index (κ1) is 30.6. The Labute approximate surface area is 177 Å². The van der Waals surface area contributed by atoms with E-state index in [1.807, 2.05) is 0 Å². The topological polar surface area (TPSA) is 121 Å². The highest BCUT2D eigenvalue weighted by molar-refractivity contribution is 8.06. The Morgan fingerprint density at radius 3 is 1.00 bits per heavy atom. The van der Waals surface area contributed by atoms with Crippen molar-refractivity contribution in [1.82, 2.24) is 0 Å². The Kier molecular flexibility index (Phi) is 25.9. The van der Waals surface area contributed by atoms with E-state index in [1.165, 1.54) is 83.5 Å². The molecule has 0 radical (unpaired) electrons. The third-order valence-corrected chi connectivity index (χ3v) is 4.79. The summed E-state index contributed by atoms with van der Waals surface area (Å²) in [5, 5.41) is 26.7. The standard InChI is InChI=1S/C20H42O3.H3O3PS/c21-17-15-13-11-9-7-5-3-1-2-4-6-8-10-12-14-16-20(18-22)19-23;1-4(2,3)5/h20-23H,1-19H2;(H3,1,2,3,5). The Balaban J connectivity index is 0. The molecule has 0 aromatic heterocycles. The zero-order chi connectivity index (χ0) is 21.5. The van der Waals surface area contributed by atoms with Gasteiger partial charge in [0.15, 0.2) is 0 Å². The average molecular weight is 445 g/mol. The third-order valence-electron chi connectivity index (χ3n) is 4.79. The molecule has 6 nitrogen and oxygen atoms in total. The summed E-state index contributed by atoms with van der Waals surface area (Å²) in [5.74, 6) is 0.102. The maximum atomic E-state index is 8.98. The van der Waals surface area contributed by atoms with Gasteiger partial charge in [0.1, 0.15) is 0 Å². The molecule has 0 amide bonds. The lowest BCUT2D eigenvalue weighted by atomic mass is 10.0. The first-order valence-corrected chi connectivity index (χ1v) is 13.6. The lowest BCUT2D eigenvalue weighted by molar-refractivity contribution is 0.141. The quantitative estimate of drug-likeness (QED) is 0.131. The Hall–Kier alpha value is 0.410. The van der Waals surface area contributed by atoms with E-state index < -0.39 is 6.72 Å². The SMILES string of the molecule is OCCCCCCCCCCCCCCCCCC(CO)CO.OP(O)(O)=S. The highest BCUT2D eigenvalue weighted by Gasteiger charge is 2.04. The fraction of sp³-hybridized carbons (Fsp3) is 1.00. The van der Waals surface area contributed by atoms with Crippen LogP contribution in [0.25, 0.3) is 0 Å². The minimum atomic E-state index is -3.81. The van der Waals surface area contributed by atoms with Gasteiger partial charge < -0.3 is 30.0 Å². The van der Waals surface area contributed by atoms with Crippen LogP contribution in [0, 0.1) is 5.92 Å². The number of aliphatic hydroxyl groups is 3. The van der Waals surface area contributed by atoms with Crippen molar-refractivity contribution in [3.8, 4) is 0 Å². The van der Waals surface area contributed by atoms with Gasteiger partial charge in [0, 0.05) is 25.7 Å².